The number of carbonyl (C=O) groups excluding carboxylic acids is 1. The topological polar surface area (TPSA) is 71.6 Å². The SMILES string of the molecule is O=C1N/C(=N\N=Cc2cn(-c3ccccc3)nc2-c2ccccc2)SC1Cc1ccc(Cl)cc1. The Morgan fingerprint density at radius 2 is 1.71 bits per heavy atom. The molecule has 5 rings (SSSR count). The molecule has 6 nitrogen and oxygen atoms in total. The van der Waals surface area contributed by atoms with Crippen molar-refractivity contribution in [3.05, 3.63) is 107 Å². The summed E-state index contributed by atoms with van der Waals surface area (Å²) in [5, 5.41) is 17.0. The number of hydrogen-bond acceptors (Lipinski definition) is 5. The fourth-order valence-corrected chi connectivity index (χ4v) is 4.67. The van der Waals surface area contributed by atoms with Crippen LogP contribution in [0.4, 0.5) is 0 Å². The number of para-hydroxylation sites is 1. The van der Waals surface area contributed by atoms with Crippen LogP contribution in [-0.4, -0.2) is 32.3 Å². The van der Waals surface area contributed by atoms with E-state index in [4.69, 9.17) is 16.7 Å². The van der Waals surface area contributed by atoms with Gasteiger partial charge in [-0.2, -0.15) is 10.2 Å². The first-order valence-electron chi connectivity index (χ1n) is 10.7. The fraction of sp³-hybridized carbons (Fsp3) is 0.0769. The lowest BCUT2D eigenvalue weighted by Gasteiger charge is -2.05. The number of thioether (sulfide) groups is 1. The number of amidine groups is 1. The number of nitrogens with zero attached hydrogens (tertiary/aromatic N) is 4. The molecule has 1 unspecified atom stereocenters. The number of rotatable bonds is 6. The van der Waals surface area contributed by atoms with E-state index in [1.807, 2.05) is 95.8 Å². The van der Waals surface area contributed by atoms with E-state index in [9.17, 15) is 4.79 Å². The highest BCUT2D eigenvalue weighted by Crippen LogP contribution is 2.25. The summed E-state index contributed by atoms with van der Waals surface area (Å²) in [6.45, 7) is 0. The van der Waals surface area contributed by atoms with E-state index in [-0.39, 0.29) is 11.2 Å². The molecule has 1 aliphatic rings. The summed E-state index contributed by atoms with van der Waals surface area (Å²) in [5.74, 6) is -0.0734. The normalized spacial score (nSPS) is 16.9. The van der Waals surface area contributed by atoms with Crippen LogP contribution >= 0.6 is 23.4 Å². The van der Waals surface area contributed by atoms with Crippen LogP contribution in [0.2, 0.25) is 5.02 Å². The number of benzene rings is 3. The van der Waals surface area contributed by atoms with Gasteiger partial charge in [0.25, 0.3) is 0 Å². The van der Waals surface area contributed by atoms with Gasteiger partial charge in [-0.1, -0.05) is 84.0 Å². The average molecular weight is 486 g/mol. The second-order valence-corrected chi connectivity index (χ2v) is 9.28. The molecule has 8 heteroatoms. The molecule has 1 fully saturated rings. The molecule has 1 amide bonds. The Balaban J connectivity index is 1.36. The van der Waals surface area contributed by atoms with E-state index in [1.165, 1.54) is 11.8 Å². The molecule has 1 saturated heterocycles. The average Bonchev–Trinajstić information content (AvgIpc) is 3.45. The first kappa shape index (κ1) is 22.1. The smallest absolute Gasteiger partial charge is 0.239 e. The van der Waals surface area contributed by atoms with Crippen LogP contribution in [0.1, 0.15) is 11.1 Å². The zero-order valence-corrected chi connectivity index (χ0v) is 19.6. The molecular weight excluding hydrogens is 466 g/mol. The predicted molar refractivity (Wildman–Crippen MR) is 139 cm³/mol. The first-order valence-corrected chi connectivity index (χ1v) is 11.9. The molecule has 1 aliphatic heterocycles. The number of halogens is 1. The molecule has 0 saturated carbocycles. The highest BCUT2D eigenvalue weighted by Gasteiger charge is 2.30. The number of nitrogens with one attached hydrogen (secondary N) is 1. The van der Waals surface area contributed by atoms with Gasteiger partial charge in [-0.25, -0.2) is 4.68 Å². The van der Waals surface area contributed by atoms with E-state index in [0.29, 0.717) is 16.6 Å². The fourth-order valence-electron chi connectivity index (χ4n) is 3.58. The van der Waals surface area contributed by atoms with Gasteiger partial charge < -0.3 is 5.32 Å². The van der Waals surface area contributed by atoms with Gasteiger partial charge in [0, 0.05) is 22.3 Å². The van der Waals surface area contributed by atoms with E-state index < -0.39 is 0 Å². The van der Waals surface area contributed by atoms with Gasteiger partial charge >= 0.3 is 0 Å². The largest absolute Gasteiger partial charge is 0.303 e. The Morgan fingerprint density at radius 3 is 2.44 bits per heavy atom. The van der Waals surface area contributed by atoms with Gasteiger partial charge in [0.15, 0.2) is 5.17 Å². The zero-order valence-electron chi connectivity index (χ0n) is 18.0. The monoisotopic (exact) mass is 485 g/mol. The highest BCUT2D eigenvalue weighted by molar-refractivity contribution is 8.15. The van der Waals surface area contributed by atoms with Crippen molar-refractivity contribution in [1.29, 1.82) is 0 Å². The third kappa shape index (κ3) is 5.11. The van der Waals surface area contributed by atoms with E-state index in [0.717, 1.165) is 28.1 Å². The molecule has 2 heterocycles. The quantitative estimate of drug-likeness (QED) is 0.295. The summed E-state index contributed by atoms with van der Waals surface area (Å²) in [5.41, 5.74) is 4.61. The van der Waals surface area contributed by atoms with Crippen molar-refractivity contribution in [3.8, 4) is 16.9 Å². The Bertz CT molecular complexity index is 1350. The summed E-state index contributed by atoms with van der Waals surface area (Å²) in [6, 6.07) is 27.4. The summed E-state index contributed by atoms with van der Waals surface area (Å²) in [6.07, 6.45) is 4.18. The maximum Gasteiger partial charge on any atom is 0.239 e. The second kappa shape index (κ2) is 10.1. The Hall–Kier alpha value is -3.68. The zero-order chi connectivity index (χ0) is 23.3. The van der Waals surface area contributed by atoms with Crippen molar-refractivity contribution >= 4 is 40.7 Å². The molecule has 0 spiro atoms. The summed E-state index contributed by atoms with van der Waals surface area (Å²) >= 11 is 7.33. The molecule has 0 radical (unpaired) electrons. The third-order valence-corrected chi connectivity index (χ3v) is 6.59. The van der Waals surface area contributed by atoms with Crippen LogP contribution < -0.4 is 5.32 Å². The second-order valence-electron chi connectivity index (χ2n) is 7.66. The van der Waals surface area contributed by atoms with Crippen LogP contribution in [0.3, 0.4) is 0 Å². The molecule has 1 atom stereocenters. The number of aromatic nitrogens is 2. The number of carbonyl (C=O) groups is 1. The van der Waals surface area contributed by atoms with Gasteiger partial charge in [-0.05, 0) is 36.2 Å². The van der Waals surface area contributed by atoms with Crippen LogP contribution in [0.25, 0.3) is 16.9 Å². The maximum atomic E-state index is 12.4. The Morgan fingerprint density at radius 1 is 1.00 bits per heavy atom. The Labute approximate surface area is 206 Å². The molecule has 0 aliphatic carbocycles. The third-order valence-electron chi connectivity index (χ3n) is 5.27. The molecule has 168 valence electrons. The van der Waals surface area contributed by atoms with Crippen molar-refractivity contribution in [2.45, 2.75) is 11.7 Å². The van der Waals surface area contributed by atoms with Gasteiger partial charge in [0.2, 0.25) is 5.91 Å². The van der Waals surface area contributed by atoms with Gasteiger partial charge in [-0.3, -0.25) is 4.79 Å². The molecule has 0 bridgehead atoms. The molecule has 1 N–H and O–H groups in total. The molecule has 1 aromatic heterocycles. The minimum absolute atomic E-state index is 0.0734. The van der Waals surface area contributed by atoms with Crippen molar-refractivity contribution in [2.75, 3.05) is 0 Å². The summed E-state index contributed by atoms with van der Waals surface area (Å²) in [7, 11) is 0. The van der Waals surface area contributed by atoms with E-state index >= 15 is 0 Å². The molecule has 34 heavy (non-hydrogen) atoms. The molecule has 4 aromatic rings. The minimum atomic E-state index is -0.254. The summed E-state index contributed by atoms with van der Waals surface area (Å²) in [4.78, 5) is 12.4. The van der Waals surface area contributed by atoms with Crippen molar-refractivity contribution < 1.29 is 4.79 Å². The van der Waals surface area contributed by atoms with Crippen LogP contribution in [0, 0.1) is 0 Å². The first-order chi connectivity index (χ1) is 16.7. The van der Waals surface area contributed by atoms with Crippen molar-refractivity contribution in [1.82, 2.24) is 15.1 Å². The lowest BCUT2D eigenvalue weighted by atomic mass is 10.1. The van der Waals surface area contributed by atoms with Crippen LogP contribution in [-0.2, 0) is 11.2 Å². The Kier molecular flexibility index (Phi) is 6.56. The van der Waals surface area contributed by atoms with Gasteiger partial charge in [-0.15, -0.1) is 5.10 Å². The highest BCUT2D eigenvalue weighted by atomic mass is 35.5. The van der Waals surface area contributed by atoms with E-state index in [2.05, 4.69) is 15.5 Å². The van der Waals surface area contributed by atoms with Gasteiger partial charge in [0.1, 0.15) is 5.69 Å². The van der Waals surface area contributed by atoms with Crippen molar-refractivity contribution in [2.24, 2.45) is 10.2 Å². The van der Waals surface area contributed by atoms with Crippen molar-refractivity contribution in [3.63, 3.8) is 0 Å². The minimum Gasteiger partial charge on any atom is -0.303 e. The van der Waals surface area contributed by atoms with Gasteiger partial charge in [0.05, 0.1) is 17.2 Å². The standard InChI is InChI=1S/C26H20ClN5OS/c27-21-13-11-18(12-14-21)15-23-25(33)29-26(34-23)30-28-16-20-17-32(22-9-5-2-6-10-22)31-24(20)19-7-3-1-4-8-19/h1-14,16-17,23H,15H2,(H,29,30,33). The summed E-state index contributed by atoms with van der Waals surface area (Å²) < 4.78 is 1.82. The molecular formula is C26H20ClN5OS. The number of amides is 1. The predicted octanol–water partition coefficient (Wildman–Crippen LogP) is 5.36. The molecule has 3 aromatic carbocycles. The maximum absolute atomic E-state index is 12.4. The van der Waals surface area contributed by atoms with Crippen LogP contribution in [0.5, 0.6) is 0 Å². The van der Waals surface area contributed by atoms with Crippen LogP contribution in [0.15, 0.2) is 101 Å². The number of hydrogen-bond donors (Lipinski definition) is 1. The lowest BCUT2D eigenvalue weighted by molar-refractivity contribution is -0.118. The van der Waals surface area contributed by atoms with E-state index in [1.54, 1.807) is 6.21 Å². The lowest BCUT2D eigenvalue weighted by Crippen LogP contribution is -2.25.